The molecule has 0 unspecified atom stereocenters. The van der Waals surface area contributed by atoms with Crippen molar-refractivity contribution < 1.29 is 9.90 Å². The molecule has 0 N–H and O–H groups in total. The minimum Gasteiger partial charge on any atom is -0.545 e. The third kappa shape index (κ3) is 2.30. The molecule has 0 bridgehead atoms. The molecule has 23 heavy (non-hydrogen) atoms. The Morgan fingerprint density at radius 3 is 2.26 bits per heavy atom. The van der Waals surface area contributed by atoms with Gasteiger partial charge in [-0.25, -0.2) is 9.97 Å². The maximum Gasteiger partial charge on any atom is 0.0894 e. The zero-order valence-electron chi connectivity index (χ0n) is 12.1. The molecule has 0 fully saturated rings. The van der Waals surface area contributed by atoms with Crippen LogP contribution < -0.4 is 5.11 Å². The van der Waals surface area contributed by atoms with Crippen LogP contribution in [0.4, 0.5) is 0 Å². The largest absolute Gasteiger partial charge is 0.545 e. The standard InChI is InChI=1S/C19H12N2O2/c22-19(23)14-6-3-5-13-9-11-17(21-18(13)14)16-10-8-12-4-1-2-7-15(12)20-16/h1-11H,(H,22,23)/p-1. The molecule has 0 aliphatic carbocycles. The Hall–Kier alpha value is -3.27. The van der Waals surface area contributed by atoms with Crippen LogP contribution in [-0.4, -0.2) is 15.9 Å². The lowest BCUT2D eigenvalue weighted by Crippen LogP contribution is -2.22. The van der Waals surface area contributed by atoms with Gasteiger partial charge >= 0.3 is 0 Å². The van der Waals surface area contributed by atoms with E-state index in [1.807, 2.05) is 54.6 Å². The molecule has 0 saturated carbocycles. The van der Waals surface area contributed by atoms with Gasteiger partial charge in [-0.3, -0.25) is 0 Å². The summed E-state index contributed by atoms with van der Waals surface area (Å²) in [6.07, 6.45) is 0. The van der Waals surface area contributed by atoms with Crippen molar-refractivity contribution in [3.05, 3.63) is 72.3 Å². The molecule has 0 spiro atoms. The van der Waals surface area contributed by atoms with Crippen molar-refractivity contribution in [1.82, 2.24) is 9.97 Å². The van der Waals surface area contributed by atoms with Gasteiger partial charge in [0.15, 0.2) is 0 Å². The Kier molecular flexibility index (Phi) is 3.01. The fourth-order valence-electron chi connectivity index (χ4n) is 2.66. The Morgan fingerprint density at radius 1 is 0.739 bits per heavy atom. The van der Waals surface area contributed by atoms with Crippen LogP contribution in [0.15, 0.2) is 66.7 Å². The van der Waals surface area contributed by atoms with Crippen LogP contribution in [0, 0.1) is 0 Å². The van der Waals surface area contributed by atoms with E-state index < -0.39 is 5.97 Å². The van der Waals surface area contributed by atoms with Gasteiger partial charge in [0.1, 0.15) is 0 Å². The maximum absolute atomic E-state index is 11.3. The second kappa shape index (κ2) is 5.18. The predicted octanol–water partition coefficient (Wildman–Crippen LogP) is 2.81. The zero-order valence-corrected chi connectivity index (χ0v) is 12.1. The van der Waals surface area contributed by atoms with E-state index in [2.05, 4.69) is 9.97 Å². The van der Waals surface area contributed by atoms with Gasteiger partial charge in [0.2, 0.25) is 0 Å². The van der Waals surface area contributed by atoms with Crippen molar-refractivity contribution in [2.24, 2.45) is 0 Å². The number of carbonyl (C=O) groups is 1. The van der Waals surface area contributed by atoms with E-state index in [-0.39, 0.29) is 5.56 Å². The molecular weight excluding hydrogens is 288 g/mol. The lowest BCUT2D eigenvalue weighted by Gasteiger charge is -2.08. The fourth-order valence-corrected chi connectivity index (χ4v) is 2.66. The molecule has 0 aliphatic heterocycles. The summed E-state index contributed by atoms with van der Waals surface area (Å²) in [6, 6.07) is 20.4. The number of nitrogens with zero attached hydrogens (tertiary/aromatic N) is 2. The molecule has 2 aromatic carbocycles. The highest BCUT2D eigenvalue weighted by Crippen LogP contribution is 2.23. The molecule has 0 saturated heterocycles. The van der Waals surface area contributed by atoms with E-state index in [0.717, 1.165) is 16.3 Å². The highest BCUT2D eigenvalue weighted by Gasteiger charge is 2.07. The number of hydrogen-bond donors (Lipinski definition) is 0. The lowest BCUT2D eigenvalue weighted by atomic mass is 10.1. The van der Waals surface area contributed by atoms with Gasteiger partial charge in [0.05, 0.1) is 28.4 Å². The summed E-state index contributed by atoms with van der Waals surface area (Å²) in [6.45, 7) is 0. The van der Waals surface area contributed by atoms with E-state index in [4.69, 9.17) is 0 Å². The van der Waals surface area contributed by atoms with Crippen molar-refractivity contribution >= 4 is 27.8 Å². The number of hydrogen-bond acceptors (Lipinski definition) is 4. The molecule has 4 heteroatoms. The minimum atomic E-state index is -1.23. The minimum absolute atomic E-state index is 0.0881. The number of carboxylic acids is 1. The van der Waals surface area contributed by atoms with E-state index in [1.165, 1.54) is 6.07 Å². The van der Waals surface area contributed by atoms with E-state index >= 15 is 0 Å². The van der Waals surface area contributed by atoms with E-state index in [1.54, 1.807) is 6.07 Å². The molecule has 0 radical (unpaired) electrons. The first-order valence-electron chi connectivity index (χ1n) is 7.20. The summed E-state index contributed by atoms with van der Waals surface area (Å²) < 4.78 is 0. The fraction of sp³-hybridized carbons (Fsp3) is 0. The zero-order chi connectivity index (χ0) is 15.8. The number of benzene rings is 2. The molecule has 4 rings (SSSR count). The van der Waals surface area contributed by atoms with Crippen LogP contribution in [0.1, 0.15) is 10.4 Å². The average molecular weight is 299 g/mol. The predicted molar refractivity (Wildman–Crippen MR) is 86.8 cm³/mol. The van der Waals surface area contributed by atoms with Crippen LogP contribution in [0.2, 0.25) is 0 Å². The molecular formula is C19H11N2O2-. The number of carbonyl (C=O) groups excluding carboxylic acids is 1. The molecule has 0 amide bonds. The number of carboxylic acid groups (broad SMARTS) is 1. The van der Waals surface area contributed by atoms with Crippen LogP contribution in [-0.2, 0) is 0 Å². The van der Waals surface area contributed by atoms with Gasteiger partial charge in [-0.2, -0.15) is 0 Å². The van der Waals surface area contributed by atoms with Gasteiger partial charge in [0.25, 0.3) is 0 Å². The van der Waals surface area contributed by atoms with E-state index in [0.29, 0.717) is 16.9 Å². The Bertz CT molecular complexity index is 1060. The number of pyridine rings is 2. The quantitative estimate of drug-likeness (QED) is 0.571. The van der Waals surface area contributed by atoms with Crippen molar-refractivity contribution in [2.75, 3.05) is 0 Å². The molecule has 4 nitrogen and oxygen atoms in total. The Morgan fingerprint density at radius 2 is 1.43 bits per heavy atom. The van der Waals surface area contributed by atoms with Crippen molar-refractivity contribution in [3.8, 4) is 11.4 Å². The summed E-state index contributed by atoms with van der Waals surface area (Å²) in [5.74, 6) is -1.23. The maximum atomic E-state index is 11.3. The number of fused-ring (bicyclic) bond motifs is 2. The van der Waals surface area contributed by atoms with E-state index in [9.17, 15) is 9.90 Å². The van der Waals surface area contributed by atoms with Crippen LogP contribution >= 0.6 is 0 Å². The third-order valence-electron chi connectivity index (χ3n) is 3.80. The summed E-state index contributed by atoms with van der Waals surface area (Å²) in [7, 11) is 0. The van der Waals surface area contributed by atoms with Crippen LogP contribution in [0.3, 0.4) is 0 Å². The van der Waals surface area contributed by atoms with Crippen LogP contribution in [0.5, 0.6) is 0 Å². The SMILES string of the molecule is O=C([O-])c1cccc2ccc(-c3ccc4ccccc4n3)nc12. The normalized spacial score (nSPS) is 11.0. The van der Waals surface area contributed by atoms with Crippen LogP contribution in [0.25, 0.3) is 33.2 Å². The summed E-state index contributed by atoms with van der Waals surface area (Å²) >= 11 is 0. The first-order valence-corrected chi connectivity index (χ1v) is 7.20. The number of rotatable bonds is 2. The molecule has 2 aromatic heterocycles. The molecule has 2 heterocycles. The molecule has 0 atom stereocenters. The highest BCUT2D eigenvalue weighted by molar-refractivity contribution is 6.01. The third-order valence-corrected chi connectivity index (χ3v) is 3.80. The summed E-state index contributed by atoms with van der Waals surface area (Å²) in [4.78, 5) is 20.4. The average Bonchev–Trinajstić information content (AvgIpc) is 2.60. The first-order chi connectivity index (χ1) is 11.2. The summed E-state index contributed by atoms with van der Waals surface area (Å²) in [5, 5.41) is 13.1. The number of aromatic carboxylic acids is 1. The first kappa shape index (κ1) is 13.4. The van der Waals surface area contributed by atoms with Crippen molar-refractivity contribution in [1.29, 1.82) is 0 Å². The van der Waals surface area contributed by atoms with Gasteiger partial charge in [-0.15, -0.1) is 0 Å². The summed E-state index contributed by atoms with van der Waals surface area (Å²) in [5.41, 5.74) is 2.72. The smallest absolute Gasteiger partial charge is 0.0894 e. The van der Waals surface area contributed by atoms with Gasteiger partial charge in [-0.05, 0) is 18.2 Å². The monoisotopic (exact) mass is 299 g/mol. The second-order valence-corrected chi connectivity index (χ2v) is 5.25. The topological polar surface area (TPSA) is 65.9 Å². The number of para-hydroxylation sites is 2. The highest BCUT2D eigenvalue weighted by atomic mass is 16.4. The van der Waals surface area contributed by atoms with Crippen molar-refractivity contribution in [3.63, 3.8) is 0 Å². The molecule has 110 valence electrons. The Labute approximate surface area is 132 Å². The Balaban J connectivity index is 1.93. The lowest BCUT2D eigenvalue weighted by molar-refractivity contribution is -0.254. The second-order valence-electron chi connectivity index (χ2n) is 5.25. The van der Waals surface area contributed by atoms with Crippen molar-refractivity contribution in [2.45, 2.75) is 0 Å². The number of aromatic nitrogens is 2. The molecule has 0 aliphatic rings. The molecule has 4 aromatic rings. The van der Waals surface area contributed by atoms with Gasteiger partial charge in [-0.1, -0.05) is 48.5 Å². The van der Waals surface area contributed by atoms with Gasteiger partial charge < -0.3 is 9.90 Å². The van der Waals surface area contributed by atoms with Gasteiger partial charge in [0, 0.05) is 16.3 Å².